The molecule has 1 fully saturated rings. The molecule has 5 rings (SSSR count). The Balaban J connectivity index is 1.35. The van der Waals surface area contributed by atoms with Crippen LogP contribution in [0.15, 0.2) is 48.5 Å². The first-order chi connectivity index (χ1) is 23.6. The van der Waals surface area contributed by atoms with E-state index in [-0.39, 0.29) is 36.0 Å². The van der Waals surface area contributed by atoms with Gasteiger partial charge >= 0.3 is 5.97 Å². The lowest BCUT2D eigenvalue weighted by Crippen LogP contribution is -2.40. The molecule has 0 aliphatic heterocycles. The molecule has 10 nitrogen and oxygen atoms in total. The van der Waals surface area contributed by atoms with Crippen molar-refractivity contribution >= 4 is 23.5 Å². The number of methoxy groups -OCH3 is 3. The molecule has 2 atom stereocenters. The maximum Gasteiger partial charge on any atom is 0.323 e. The van der Waals surface area contributed by atoms with Crippen LogP contribution < -0.4 is 30.2 Å². The van der Waals surface area contributed by atoms with Crippen LogP contribution in [-0.2, 0) is 27.3 Å². The van der Waals surface area contributed by atoms with Gasteiger partial charge in [-0.3, -0.25) is 14.4 Å². The van der Waals surface area contributed by atoms with Gasteiger partial charge in [-0.2, -0.15) is 0 Å². The van der Waals surface area contributed by atoms with E-state index in [0.717, 1.165) is 53.5 Å². The second-order valence-electron chi connectivity index (χ2n) is 13.3. The van der Waals surface area contributed by atoms with Crippen molar-refractivity contribution in [3.8, 4) is 28.4 Å². The van der Waals surface area contributed by atoms with Crippen molar-refractivity contribution in [2.75, 3.05) is 26.6 Å². The number of carbonyl (C=O) groups excluding carboxylic acids is 3. The van der Waals surface area contributed by atoms with Crippen LogP contribution in [0.3, 0.4) is 0 Å². The summed E-state index contributed by atoms with van der Waals surface area (Å²) in [5.74, 6) is 1.32. The summed E-state index contributed by atoms with van der Waals surface area (Å²) in [7, 11) is 4.74. The van der Waals surface area contributed by atoms with E-state index in [1.54, 1.807) is 33.5 Å². The highest BCUT2D eigenvalue weighted by molar-refractivity contribution is 6.04. The number of aryl methyl sites for hydroxylation is 1. The van der Waals surface area contributed by atoms with E-state index in [1.165, 1.54) is 6.92 Å². The monoisotopic (exact) mass is 671 g/mol. The average Bonchev–Trinajstić information content (AvgIpc) is 3.55. The second kappa shape index (κ2) is 16.2. The summed E-state index contributed by atoms with van der Waals surface area (Å²) < 4.78 is 23.0. The molecule has 10 heteroatoms. The quantitative estimate of drug-likeness (QED) is 0.171. The molecule has 3 N–H and O–H groups in total. The zero-order valence-electron chi connectivity index (χ0n) is 29.4. The molecular weight excluding hydrogens is 622 g/mol. The summed E-state index contributed by atoms with van der Waals surface area (Å²) >= 11 is 0. The zero-order chi connectivity index (χ0) is 35.1. The molecule has 3 aromatic carbocycles. The van der Waals surface area contributed by atoms with E-state index in [9.17, 15) is 14.4 Å². The van der Waals surface area contributed by atoms with E-state index in [0.29, 0.717) is 60.2 Å². The number of esters is 1. The molecule has 2 aliphatic carbocycles. The Morgan fingerprint density at radius 2 is 1.59 bits per heavy atom. The number of nitrogens with one attached hydrogen (secondary N) is 3. The van der Waals surface area contributed by atoms with Gasteiger partial charge in [0.1, 0.15) is 12.1 Å². The highest BCUT2D eigenvalue weighted by Crippen LogP contribution is 2.51. The number of carbonyl (C=O) groups is 3. The summed E-state index contributed by atoms with van der Waals surface area (Å²) in [6.07, 6.45) is 6.16. The largest absolute Gasteiger partial charge is 0.493 e. The molecule has 262 valence electrons. The lowest BCUT2D eigenvalue weighted by molar-refractivity contribution is -0.151. The molecule has 2 amide bonds. The van der Waals surface area contributed by atoms with Crippen molar-refractivity contribution < 1.29 is 33.3 Å². The summed E-state index contributed by atoms with van der Waals surface area (Å²) in [6, 6.07) is 14.4. The Morgan fingerprint density at radius 3 is 2.22 bits per heavy atom. The van der Waals surface area contributed by atoms with Gasteiger partial charge in [-0.05, 0) is 103 Å². The molecule has 2 aliphatic rings. The number of hydrogen-bond acceptors (Lipinski definition) is 8. The van der Waals surface area contributed by atoms with E-state index in [2.05, 4.69) is 29.8 Å². The first-order valence-corrected chi connectivity index (χ1v) is 17.2. The minimum Gasteiger partial charge on any atom is -0.493 e. The van der Waals surface area contributed by atoms with Crippen LogP contribution in [0.25, 0.3) is 11.1 Å². The molecule has 0 radical (unpaired) electrons. The topological polar surface area (TPSA) is 124 Å². The van der Waals surface area contributed by atoms with Gasteiger partial charge in [0.05, 0.1) is 27.4 Å². The smallest absolute Gasteiger partial charge is 0.323 e. The molecule has 0 saturated heterocycles. The third kappa shape index (κ3) is 8.54. The fourth-order valence-corrected chi connectivity index (χ4v) is 6.91. The second-order valence-corrected chi connectivity index (χ2v) is 13.3. The van der Waals surface area contributed by atoms with Gasteiger partial charge in [0.2, 0.25) is 11.7 Å². The van der Waals surface area contributed by atoms with Gasteiger partial charge in [-0.15, -0.1) is 0 Å². The normalized spacial score (nSPS) is 16.2. The van der Waals surface area contributed by atoms with E-state index < -0.39 is 0 Å². The fraction of sp³-hybridized carbons (Fsp3) is 0.462. The predicted octanol–water partition coefficient (Wildman–Crippen LogP) is 6.75. The summed E-state index contributed by atoms with van der Waals surface area (Å²) in [4.78, 5) is 38.6. The summed E-state index contributed by atoms with van der Waals surface area (Å²) in [6.45, 7) is 6.18. The van der Waals surface area contributed by atoms with Gasteiger partial charge in [-0.1, -0.05) is 32.0 Å². The summed E-state index contributed by atoms with van der Waals surface area (Å²) in [5.41, 5.74) is 5.61. The molecule has 49 heavy (non-hydrogen) atoms. The van der Waals surface area contributed by atoms with Gasteiger partial charge in [-0.25, -0.2) is 0 Å². The Kier molecular flexibility index (Phi) is 11.8. The van der Waals surface area contributed by atoms with E-state index in [1.807, 2.05) is 36.4 Å². The van der Waals surface area contributed by atoms with Gasteiger partial charge in [0.15, 0.2) is 11.5 Å². The number of rotatable bonds is 13. The highest BCUT2D eigenvalue weighted by atomic mass is 16.5. The van der Waals surface area contributed by atoms with Crippen LogP contribution in [0.1, 0.15) is 92.4 Å². The van der Waals surface area contributed by atoms with Gasteiger partial charge in [0, 0.05) is 30.3 Å². The lowest BCUT2D eigenvalue weighted by Gasteiger charge is -2.22. The van der Waals surface area contributed by atoms with Crippen LogP contribution in [0, 0.1) is 5.92 Å². The molecule has 0 spiro atoms. The standard InChI is InChI=1S/C39H49N3O7/c1-23(2)19-33(39(45)49-29-9-7-8-10-29)40-22-25-11-13-26(14-12-25)38(44)42-28-16-17-30-31(21-28)35-27(15-18-32(30)41-24(3)43)20-34(46-4)36(47-5)37(35)48-6/h11-14,16-17,20-21,23,29,32-33,40H,7-10,15,18-19,22H2,1-6H3,(H,41,43)(H,42,44)/t32-,33-/m0/s1. The highest BCUT2D eigenvalue weighted by Gasteiger charge is 2.30. The van der Waals surface area contributed by atoms with Crippen LogP contribution in [-0.4, -0.2) is 51.3 Å². The van der Waals surface area contributed by atoms with Crippen molar-refractivity contribution in [2.24, 2.45) is 5.92 Å². The van der Waals surface area contributed by atoms with Gasteiger partial charge in [0.25, 0.3) is 5.91 Å². The third-order valence-electron chi connectivity index (χ3n) is 9.29. The molecular formula is C39H49N3O7. The molecule has 0 unspecified atom stereocenters. The average molecular weight is 672 g/mol. The van der Waals surface area contributed by atoms with E-state index in [4.69, 9.17) is 18.9 Å². The van der Waals surface area contributed by atoms with Crippen LogP contribution in [0.2, 0.25) is 0 Å². The van der Waals surface area contributed by atoms with Crippen molar-refractivity contribution in [2.45, 2.75) is 90.4 Å². The first-order valence-electron chi connectivity index (χ1n) is 17.2. The Morgan fingerprint density at radius 1 is 0.878 bits per heavy atom. The maximum absolute atomic E-state index is 13.5. The first kappa shape index (κ1) is 35.7. The lowest BCUT2D eigenvalue weighted by atomic mass is 9.93. The summed E-state index contributed by atoms with van der Waals surface area (Å²) in [5, 5.41) is 9.51. The van der Waals surface area contributed by atoms with Crippen molar-refractivity contribution in [1.29, 1.82) is 0 Å². The molecule has 0 bridgehead atoms. The van der Waals surface area contributed by atoms with Crippen molar-refractivity contribution in [3.63, 3.8) is 0 Å². The van der Waals surface area contributed by atoms with Crippen LogP contribution in [0.5, 0.6) is 17.2 Å². The minimum atomic E-state index is -0.383. The molecule has 3 aromatic rings. The maximum atomic E-state index is 13.5. The molecule has 0 aromatic heterocycles. The number of anilines is 1. The Bertz CT molecular complexity index is 1650. The van der Waals surface area contributed by atoms with Crippen molar-refractivity contribution in [1.82, 2.24) is 10.6 Å². The van der Waals surface area contributed by atoms with Crippen LogP contribution in [0.4, 0.5) is 5.69 Å². The van der Waals surface area contributed by atoms with Crippen LogP contribution >= 0.6 is 0 Å². The SMILES string of the molecule is COc1cc2c(c(OC)c1OC)-c1cc(NC(=O)c3ccc(CN[C@@H](CC(C)C)C(=O)OC4CCCC4)cc3)ccc1[C@@H](NC(C)=O)CC2. The fourth-order valence-electron chi connectivity index (χ4n) is 6.91. The molecule has 1 saturated carbocycles. The molecule has 0 heterocycles. The van der Waals surface area contributed by atoms with E-state index >= 15 is 0 Å². The number of benzene rings is 3. The Labute approximate surface area is 289 Å². The predicted molar refractivity (Wildman–Crippen MR) is 189 cm³/mol. The van der Waals surface area contributed by atoms with Crippen molar-refractivity contribution in [3.05, 3.63) is 70.8 Å². The number of ether oxygens (including phenoxy) is 4. The Hall–Kier alpha value is -4.57. The number of fused-ring (bicyclic) bond motifs is 3. The third-order valence-corrected chi connectivity index (χ3v) is 9.29. The number of hydrogen-bond donors (Lipinski definition) is 3. The van der Waals surface area contributed by atoms with Gasteiger partial charge < -0.3 is 34.9 Å². The number of amides is 2. The zero-order valence-corrected chi connectivity index (χ0v) is 29.4. The minimum absolute atomic E-state index is 0.0306.